The second kappa shape index (κ2) is 4.98. The zero-order valence-electron chi connectivity index (χ0n) is 4.63. The van der Waals surface area contributed by atoms with E-state index in [2.05, 4.69) is 31.9 Å². The first-order valence-electron chi connectivity index (χ1n) is 2.30. The molecule has 0 bridgehead atoms. The van der Waals surface area contributed by atoms with Crippen LogP contribution in [0.25, 0.3) is 0 Å². The van der Waals surface area contributed by atoms with Crippen LogP contribution in [0.5, 0.6) is 0 Å². The third-order valence-corrected chi connectivity index (χ3v) is 4.30. The van der Waals surface area contributed by atoms with Crippen molar-refractivity contribution < 1.29 is 0 Å². The average Bonchev–Trinajstić information content (AvgIpc) is 1.83. The van der Waals surface area contributed by atoms with Crippen molar-refractivity contribution in [2.24, 2.45) is 0 Å². The van der Waals surface area contributed by atoms with Crippen LogP contribution in [0.4, 0.5) is 0 Å². The zero-order valence-corrected chi connectivity index (χ0v) is 10.8. The molecule has 6 heteroatoms. The van der Waals surface area contributed by atoms with E-state index in [9.17, 15) is 0 Å². The van der Waals surface area contributed by atoms with Crippen LogP contribution in [0.15, 0.2) is 0 Å². The van der Waals surface area contributed by atoms with Crippen LogP contribution >= 0.6 is 78.3 Å². The summed E-state index contributed by atoms with van der Waals surface area (Å²) < 4.78 is -0.872. The van der Waals surface area contributed by atoms with E-state index in [1.807, 2.05) is 0 Å². The van der Waals surface area contributed by atoms with Gasteiger partial charge in [0.2, 0.25) is 0 Å². The van der Waals surface area contributed by atoms with Gasteiger partial charge in [-0.15, -0.1) is 34.8 Å². The lowest BCUT2D eigenvalue weighted by Gasteiger charge is -2.21. The molecule has 0 aliphatic carbocycles. The molecule has 2 atom stereocenters. The van der Waals surface area contributed by atoms with Gasteiger partial charge in [-0.3, -0.25) is 0 Å². The summed E-state index contributed by atoms with van der Waals surface area (Å²) in [5, 5.41) is -0.826. The highest BCUT2D eigenvalue weighted by atomic mass is 79.9. The van der Waals surface area contributed by atoms with E-state index in [1.54, 1.807) is 0 Å². The van der Waals surface area contributed by atoms with Gasteiger partial charge in [0, 0.05) is 5.88 Å². The summed E-state index contributed by atoms with van der Waals surface area (Å²) in [6, 6.07) is 0. The van der Waals surface area contributed by atoms with E-state index in [-0.39, 0.29) is 11.3 Å². The maximum absolute atomic E-state index is 5.77. The van der Waals surface area contributed by atoms with Gasteiger partial charge in [-0.2, -0.15) is 0 Å². The fourth-order valence-corrected chi connectivity index (χ4v) is 1.99. The lowest BCUT2D eigenvalue weighted by molar-refractivity contribution is 0.876. The summed E-state index contributed by atoms with van der Waals surface area (Å²) in [7, 11) is 0. The first-order valence-corrected chi connectivity index (χ1v) is 5.67. The normalized spacial score (nSPS) is 18.6. The van der Waals surface area contributed by atoms with Crippen molar-refractivity contribution in [3.8, 4) is 0 Å². The van der Waals surface area contributed by atoms with Crippen LogP contribution in [0.2, 0.25) is 0 Å². The highest BCUT2D eigenvalue weighted by molar-refractivity contribution is 9.26. The van der Waals surface area contributed by atoms with Crippen molar-refractivity contribution in [2.45, 2.75) is 13.4 Å². The van der Waals surface area contributed by atoms with Crippen LogP contribution in [0.1, 0.15) is 0 Å². The smallest absolute Gasteiger partial charge is 0.125 e. The van der Waals surface area contributed by atoms with Crippen molar-refractivity contribution in [3.05, 3.63) is 0 Å². The number of rotatable bonds is 3. The molecule has 0 saturated carbocycles. The van der Waals surface area contributed by atoms with Crippen molar-refractivity contribution >= 4 is 78.3 Å². The van der Waals surface area contributed by atoms with Crippen molar-refractivity contribution in [1.29, 1.82) is 0 Å². The van der Waals surface area contributed by atoms with Crippen molar-refractivity contribution in [3.63, 3.8) is 0 Å². The molecule has 0 aromatic rings. The molecule has 0 aliphatic heterocycles. The minimum Gasteiger partial charge on any atom is -0.125 e. The maximum atomic E-state index is 5.77. The molecular formula is C4H4Br2Cl4. The minimum atomic E-state index is -0.872. The molecule has 0 aliphatic rings. The van der Waals surface area contributed by atoms with E-state index in [0.717, 1.165) is 0 Å². The molecule has 0 rings (SSSR count). The second-order valence-electron chi connectivity index (χ2n) is 1.61. The predicted octanol–water partition coefficient (Wildman–Crippen LogP) is 4.12. The Hall–Kier alpha value is 2.12. The molecule has 0 aromatic heterocycles. The standard InChI is InChI=1S/C4H4Br2Cl4/c5-4(6,10)3(9)2(8)1-7/h2-3H,1H2. The molecule has 0 nitrogen and oxygen atoms in total. The average molecular weight is 354 g/mol. The second-order valence-corrected chi connectivity index (χ2v) is 8.03. The van der Waals surface area contributed by atoms with E-state index < -0.39 is 8.07 Å². The Morgan fingerprint density at radius 2 is 1.70 bits per heavy atom. The minimum absolute atomic E-state index is 0.265. The third kappa shape index (κ3) is 4.22. The fraction of sp³-hybridized carbons (Fsp3) is 1.00. The summed E-state index contributed by atoms with van der Waals surface area (Å²) in [5.41, 5.74) is 0. The number of hydrogen-bond acceptors (Lipinski definition) is 0. The molecule has 0 radical (unpaired) electrons. The van der Waals surface area contributed by atoms with Crippen LogP contribution in [-0.4, -0.2) is 19.3 Å². The SMILES string of the molecule is ClCC(Cl)C(Cl)C(Cl)(Br)Br. The molecule has 62 valence electrons. The Morgan fingerprint density at radius 3 is 1.80 bits per heavy atom. The first-order chi connectivity index (χ1) is 4.39. The van der Waals surface area contributed by atoms with E-state index in [0.29, 0.717) is 0 Å². The van der Waals surface area contributed by atoms with Crippen LogP contribution < -0.4 is 0 Å². The molecule has 0 saturated heterocycles. The van der Waals surface area contributed by atoms with Crippen LogP contribution in [-0.2, 0) is 0 Å². The topological polar surface area (TPSA) is 0 Å². The lowest BCUT2D eigenvalue weighted by atomic mass is 10.3. The Kier molecular flexibility index (Phi) is 6.04. The van der Waals surface area contributed by atoms with Gasteiger partial charge in [0.25, 0.3) is 0 Å². The molecule has 0 spiro atoms. The summed E-state index contributed by atoms with van der Waals surface area (Å²) in [5.74, 6) is 0.265. The van der Waals surface area contributed by atoms with E-state index in [1.165, 1.54) is 0 Å². The molecule has 0 amide bonds. The van der Waals surface area contributed by atoms with Gasteiger partial charge in [0.05, 0.1) is 10.8 Å². The molecule has 10 heavy (non-hydrogen) atoms. The maximum Gasteiger partial charge on any atom is 0.171 e. The van der Waals surface area contributed by atoms with Crippen molar-refractivity contribution in [2.75, 3.05) is 5.88 Å². The predicted molar refractivity (Wildman–Crippen MR) is 56.4 cm³/mol. The molecular weight excluding hydrogens is 350 g/mol. The lowest BCUT2D eigenvalue weighted by Crippen LogP contribution is -2.29. The Morgan fingerprint density at radius 1 is 1.30 bits per heavy atom. The van der Waals surface area contributed by atoms with Crippen LogP contribution in [0.3, 0.4) is 0 Å². The Bertz CT molecular complexity index is 102. The highest BCUT2D eigenvalue weighted by Gasteiger charge is 2.34. The summed E-state index contributed by atoms with van der Waals surface area (Å²) in [6.07, 6.45) is 0. The molecule has 0 fully saturated rings. The van der Waals surface area contributed by atoms with Gasteiger partial charge in [0.15, 0.2) is 2.69 Å². The van der Waals surface area contributed by atoms with Gasteiger partial charge in [-0.05, 0) is 0 Å². The first kappa shape index (κ1) is 12.1. The fourth-order valence-electron chi connectivity index (χ4n) is 0.283. The molecule has 2 unspecified atom stereocenters. The largest absolute Gasteiger partial charge is 0.171 e. The third-order valence-electron chi connectivity index (χ3n) is 0.778. The van der Waals surface area contributed by atoms with E-state index >= 15 is 0 Å². The van der Waals surface area contributed by atoms with Gasteiger partial charge in [-0.1, -0.05) is 43.5 Å². The number of hydrogen-bond donors (Lipinski definition) is 0. The number of halogens is 6. The Labute approximate surface area is 96.8 Å². The van der Waals surface area contributed by atoms with Gasteiger partial charge in [0.1, 0.15) is 0 Å². The summed E-state index contributed by atoms with van der Waals surface area (Å²) in [6.45, 7) is 0. The zero-order chi connectivity index (χ0) is 8.36. The number of alkyl halides is 6. The monoisotopic (exact) mass is 350 g/mol. The van der Waals surface area contributed by atoms with Gasteiger partial charge >= 0.3 is 0 Å². The van der Waals surface area contributed by atoms with E-state index in [4.69, 9.17) is 46.4 Å². The molecule has 0 aromatic carbocycles. The molecule has 0 N–H and O–H groups in total. The molecule has 0 heterocycles. The summed E-state index contributed by atoms with van der Waals surface area (Å²) >= 11 is 28.8. The van der Waals surface area contributed by atoms with Crippen LogP contribution in [0, 0.1) is 0 Å². The summed E-state index contributed by atoms with van der Waals surface area (Å²) in [4.78, 5) is 0. The van der Waals surface area contributed by atoms with Crippen molar-refractivity contribution in [1.82, 2.24) is 0 Å². The Balaban J connectivity index is 3.94. The quantitative estimate of drug-likeness (QED) is 0.670. The van der Waals surface area contributed by atoms with Gasteiger partial charge in [-0.25, -0.2) is 0 Å². The van der Waals surface area contributed by atoms with Gasteiger partial charge < -0.3 is 0 Å². The highest BCUT2D eigenvalue weighted by Crippen LogP contribution is 2.40.